The highest BCUT2D eigenvalue weighted by Gasteiger charge is 1.97. The fourth-order valence-electron chi connectivity index (χ4n) is 1.48. The molecule has 0 amide bonds. The molecule has 0 saturated carbocycles. The molecule has 0 fully saturated rings. The smallest absolute Gasteiger partial charge is 0.120 e. The van der Waals surface area contributed by atoms with Crippen LogP contribution in [0, 0.1) is 0 Å². The Morgan fingerprint density at radius 1 is 1.00 bits per heavy atom. The fraction of sp³-hybridized carbons (Fsp3) is 0.143. The maximum atomic E-state index is 9.31. The summed E-state index contributed by atoms with van der Waals surface area (Å²) in [5, 5.41) is 9.31. The van der Waals surface area contributed by atoms with E-state index in [1.54, 1.807) is 25.3 Å². The summed E-state index contributed by atoms with van der Waals surface area (Å²) in [5.74, 6) is 1.82. The van der Waals surface area contributed by atoms with Gasteiger partial charge < -0.3 is 14.6 Å². The number of aromatic hydroxyl groups is 1. The van der Waals surface area contributed by atoms with Crippen LogP contribution in [0.4, 0.5) is 0 Å². The summed E-state index contributed by atoms with van der Waals surface area (Å²) < 4.78 is 10.6. The lowest BCUT2D eigenvalue weighted by molar-refractivity contribution is 0.304. The van der Waals surface area contributed by atoms with Crippen LogP contribution in [0.25, 0.3) is 0 Å². The Kier molecular flexibility index (Phi) is 3.50. The third kappa shape index (κ3) is 3.14. The first-order valence-electron chi connectivity index (χ1n) is 5.33. The molecule has 2 aromatic carbocycles. The van der Waals surface area contributed by atoms with Crippen LogP contribution in [-0.4, -0.2) is 12.2 Å². The third-order valence-corrected chi connectivity index (χ3v) is 2.38. The Labute approximate surface area is 100 Å². The number of hydrogen-bond donors (Lipinski definition) is 1. The molecule has 0 saturated heterocycles. The van der Waals surface area contributed by atoms with E-state index in [4.69, 9.17) is 9.47 Å². The molecule has 0 heterocycles. The summed E-state index contributed by atoms with van der Waals surface area (Å²) >= 11 is 0. The summed E-state index contributed by atoms with van der Waals surface area (Å²) in [6, 6.07) is 14.4. The molecule has 2 aromatic rings. The van der Waals surface area contributed by atoms with Gasteiger partial charge in [-0.3, -0.25) is 0 Å². The van der Waals surface area contributed by atoms with Gasteiger partial charge in [-0.1, -0.05) is 12.1 Å². The van der Waals surface area contributed by atoms with Gasteiger partial charge in [-0.25, -0.2) is 0 Å². The summed E-state index contributed by atoms with van der Waals surface area (Å²) in [6.45, 7) is 0.431. The van der Waals surface area contributed by atoms with Crippen molar-refractivity contribution >= 4 is 0 Å². The minimum atomic E-state index is 0.251. The van der Waals surface area contributed by atoms with Crippen LogP contribution in [0.5, 0.6) is 17.2 Å². The maximum Gasteiger partial charge on any atom is 0.120 e. The molecular formula is C14H14O3. The van der Waals surface area contributed by atoms with Crippen LogP contribution >= 0.6 is 0 Å². The Balaban J connectivity index is 1.97. The van der Waals surface area contributed by atoms with Crippen molar-refractivity contribution in [1.82, 2.24) is 0 Å². The highest BCUT2D eigenvalue weighted by Crippen LogP contribution is 2.19. The van der Waals surface area contributed by atoms with E-state index in [1.807, 2.05) is 30.3 Å². The van der Waals surface area contributed by atoms with Gasteiger partial charge in [0.15, 0.2) is 0 Å². The van der Waals surface area contributed by atoms with E-state index < -0.39 is 0 Å². The zero-order valence-corrected chi connectivity index (χ0v) is 9.59. The normalized spacial score (nSPS) is 9.94. The van der Waals surface area contributed by atoms with E-state index in [1.165, 1.54) is 0 Å². The van der Waals surface area contributed by atoms with Gasteiger partial charge in [-0.05, 0) is 42.0 Å². The van der Waals surface area contributed by atoms with Crippen LogP contribution in [-0.2, 0) is 6.61 Å². The SMILES string of the molecule is COc1ccc(OCc2cccc(O)c2)cc1. The molecule has 3 heteroatoms. The van der Waals surface area contributed by atoms with E-state index in [-0.39, 0.29) is 5.75 Å². The number of benzene rings is 2. The van der Waals surface area contributed by atoms with Gasteiger partial charge >= 0.3 is 0 Å². The molecule has 88 valence electrons. The number of rotatable bonds is 4. The highest BCUT2D eigenvalue weighted by atomic mass is 16.5. The van der Waals surface area contributed by atoms with Crippen molar-refractivity contribution in [2.24, 2.45) is 0 Å². The van der Waals surface area contributed by atoms with Crippen molar-refractivity contribution in [3.8, 4) is 17.2 Å². The number of methoxy groups -OCH3 is 1. The quantitative estimate of drug-likeness (QED) is 0.877. The van der Waals surface area contributed by atoms with Crippen molar-refractivity contribution in [3.63, 3.8) is 0 Å². The van der Waals surface area contributed by atoms with E-state index in [9.17, 15) is 5.11 Å². The lowest BCUT2D eigenvalue weighted by Crippen LogP contribution is -1.95. The molecule has 0 bridgehead atoms. The van der Waals surface area contributed by atoms with Gasteiger partial charge in [0.05, 0.1) is 7.11 Å². The predicted molar refractivity (Wildman–Crippen MR) is 65.4 cm³/mol. The average Bonchev–Trinajstić information content (AvgIpc) is 2.37. The maximum absolute atomic E-state index is 9.31. The molecule has 0 aliphatic rings. The molecule has 0 aliphatic carbocycles. The molecule has 1 N–H and O–H groups in total. The summed E-state index contributed by atoms with van der Waals surface area (Å²) in [5.41, 5.74) is 0.931. The average molecular weight is 230 g/mol. The minimum absolute atomic E-state index is 0.251. The van der Waals surface area contributed by atoms with Crippen LogP contribution < -0.4 is 9.47 Å². The number of phenolic OH excluding ortho intramolecular Hbond substituents is 1. The zero-order valence-electron chi connectivity index (χ0n) is 9.59. The van der Waals surface area contributed by atoms with E-state index in [0.29, 0.717) is 6.61 Å². The van der Waals surface area contributed by atoms with Crippen LogP contribution in [0.2, 0.25) is 0 Å². The second kappa shape index (κ2) is 5.25. The fourth-order valence-corrected chi connectivity index (χ4v) is 1.48. The van der Waals surface area contributed by atoms with Crippen molar-refractivity contribution < 1.29 is 14.6 Å². The number of hydrogen-bond acceptors (Lipinski definition) is 3. The van der Waals surface area contributed by atoms with Crippen molar-refractivity contribution in [2.45, 2.75) is 6.61 Å². The largest absolute Gasteiger partial charge is 0.508 e. The van der Waals surface area contributed by atoms with E-state index >= 15 is 0 Å². The first-order chi connectivity index (χ1) is 8.28. The van der Waals surface area contributed by atoms with Crippen molar-refractivity contribution in [2.75, 3.05) is 7.11 Å². The Morgan fingerprint density at radius 2 is 1.71 bits per heavy atom. The Hall–Kier alpha value is -2.16. The first kappa shape index (κ1) is 11.3. The molecule has 0 atom stereocenters. The molecular weight excluding hydrogens is 216 g/mol. The molecule has 3 nitrogen and oxygen atoms in total. The van der Waals surface area contributed by atoms with Gasteiger partial charge in [0.25, 0.3) is 0 Å². The van der Waals surface area contributed by atoms with Gasteiger partial charge in [0.2, 0.25) is 0 Å². The monoisotopic (exact) mass is 230 g/mol. The van der Waals surface area contributed by atoms with Gasteiger partial charge in [0, 0.05) is 0 Å². The highest BCUT2D eigenvalue weighted by molar-refractivity contribution is 5.32. The van der Waals surface area contributed by atoms with Crippen LogP contribution in [0.1, 0.15) is 5.56 Å². The molecule has 17 heavy (non-hydrogen) atoms. The zero-order chi connectivity index (χ0) is 12.1. The van der Waals surface area contributed by atoms with Gasteiger partial charge in [-0.2, -0.15) is 0 Å². The summed E-state index contributed by atoms with van der Waals surface area (Å²) in [4.78, 5) is 0. The molecule has 0 spiro atoms. The van der Waals surface area contributed by atoms with Crippen molar-refractivity contribution in [3.05, 3.63) is 54.1 Å². The van der Waals surface area contributed by atoms with Gasteiger partial charge in [-0.15, -0.1) is 0 Å². The topological polar surface area (TPSA) is 38.7 Å². The lowest BCUT2D eigenvalue weighted by Gasteiger charge is -2.07. The first-order valence-corrected chi connectivity index (χ1v) is 5.33. The Morgan fingerprint density at radius 3 is 2.35 bits per heavy atom. The molecule has 0 radical (unpaired) electrons. The third-order valence-electron chi connectivity index (χ3n) is 2.38. The van der Waals surface area contributed by atoms with Crippen LogP contribution in [0.15, 0.2) is 48.5 Å². The molecule has 0 unspecified atom stereocenters. The number of phenols is 1. The van der Waals surface area contributed by atoms with Gasteiger partial charge in [0.1, 0.15) is 23.9 Å². The predicted octanol–water partition coefficient (Wildman–Crippen LogP) is 2.98. The lowest BCUT2D eigenvalue weighted by atomic mass is 10.2. The van der Waals surface area contributed by atoms with E-state index in [2.05, 4.69) is 0 Å². The number of ether oxygens (including phenoxy) is 2. The summed E-state index contributed by atoms with van der Waals surface area (Å²) in [7, 11) is 1.63. The summed E-state index contributed by atoms with van der Waals surface area (Å²) in [6.07, 6.45) is 0. The standard InChI is InChI=1S/C14H14O3/c1-16-13-5-7-14(8-6-13)17-10-11-3-2-4-12(15)9-11/h2-9,15H,10H2,1H3. The molecule has 0 aromatic heterocycles. The molecule has 0 aliphatic heterocycles. The second-order valence-corrected chi connectivity index (χ2v) is 3.63. The van der Waals surface area contributed by atoms with Crippen LogP contribution in [0.3, 0.4) is 0 Å². The minimum Gasteiger partial charge on any atom is -0.508 e. The molecule has 2 rings (SSSR count). The Bertz CT molecular complexity index is 477. The van der Waals surface area contributed by atoms with Crippen molar-refractivity contribution in [1.29, 1.82) is 0 Å². The second-order valence-electron chi connectivity index (χ2n) is 3.63. The van der Waals surface area contributed by atoms with E-state index in [0.717, 1.165) is 17.1 Å².